The van der Waals surface area contributed by atoms with E-state index < -0.39 is 29.3 Å². The zero-order valence-electron chi connectivity index (χ0n) is 17.7. The number of aryl methyl sites for hydroxylation is 1. The number of carbonyl (C=O) groups excluding carboxylic acids is 2. The Morgan fingerprint density at radius 2 is 1.82 bits per heavy atom. The molecule has 2 amide bonds. The van der Waals surface area contributed by atoms with Crippen molar-refractivity contribution in [1.82, 2.24) is 20.1 Å². The molecule has 10 heteroatoms. The minimum Gasteiger partial charge on any atom is -0.351 e. The predicted octanol–water partition coefficient (Wildman–Crippen LogP) is 3.85. The third-order valence-electron chi connectivity index (χ3n) is 5.42. The van der Waals surface area contributed by atoms with Gasteiger partial charge < -0.3 is 15.2 Å². The second kappa shape index (κ2) is 9.85. The first kappa shape index (κ1) is 22.5. The molecule has 172 valence electrons. The standard InChI is InChI=1S/C23H22F3N5O2/c24-15-6-7-16(18(26)13-15)23(33)27-10-9-21(32)28-19-12-14(5-8-17(19)25)22-30-29-20-4-2-1-3-11-31(20)22/h5-8,12-13H,1-4,9-11H2,(H,27,33)(H,28,32). The van der Waals surface area contributed by atoms with E-state index in [9.17, 15) is 22.8 Å². The molecule has 2 N–H and O–H groups in total. The second-order valence-corrected chi connectivity index (χ2v) is 7.78. The van der Waals surface area contributed by atoms with Crippen molar-refractivity contribution < 1.29 is 22.8 Å². The zero-order valence-corrected chi connectivity index (χ0v) is 17.7. The first-order valence-corrected chi connectivity index (χ1v) is 10.7. The summed E-state index contributed by atoms with van der Waals surface area (Å²) in [6.45, 7) is 0.672. The highest BCUT2D eigenvalue weighted by Crippen LogP contribution is 2.26. The maximum atomic E-state index is 14.3. The Bertz CT molecular complexity index is 1190. The van der Waals surface area contributed by atoms with Gasteiger partial charge in [0.2, 0.25) is 5.91 Å². The number of hydrogen-bond acceptors (Lipinski definition) is 4. The van der Waals surface area contributed by atoms with Crippen LogP contribution in [0.25, 0.3) is 11.4 Å². The van der Waals surface area contributed by atoms with Crippen LogP contribution in [0.15, 0.2) is 36.4 Å². The molecular formula is C23H22F3N5O2. The number of nitrogens with zero attached hydrogens (tertiary/aromatic N) is 3. The normalized spacial score (nSPS) is 13.2. The van der Waals surface area contributed by atoms with Gasteiger partial charge >= 0.3 is 0 Å². The second-order valence-electron chi connectivity index (χ2n) is 7.78. The molecular weight excluding hydrogens is 435 g/mol. The lowest BCUT2D eigenvalue weighted by atomic mass is 10.1. The van der Waals surface area contributed by atoms with Crippen LogP contribution >= 0.6 is 0 Å². The number of amides is 2. The summed E-state index contributed by atoms with van der Waals surface area (Å²) in [5.41, 5.74) is 0.287. The van der Waals surface area contributed by atoms with Crippen molar-refractivity contribution in [2.24, 2.45) is 0 Å². The molecule has 7 nitrogen and oxygen atoms in total. The van der Waals surface area contributed by atoms with Crippen LogP contribution in [0.3, 0.4) is 0 Å². The molecule has 1 aromatic heterocycles. The van der Waals surface area contributed by atoms with Gasteiger partial charge in [0.1, 0.15) is 23.3 Å². The van der Waals surface area contributed by atoms with Crippen LogP contribution in [0.4, 0.5) is 18.9 Å². The van der Waals surface area contributed by atoms with Crippen LogP contribution in [-0.2, 0) is 17.8 Å². The molecule has 1 aliphatic heterocycles. The van der Waals surface area contributed by atoms with Crippen LogP contribution < -0.4 is 10.6 Å². The fourth-order valence-corrected chi connectivity index (χ4v) is 3.73. The van der Waals surface area contributed by atoms with Crippen molar-refractivity contribution in [3.8, 4) is 11.4 Å². The van der Waals surface area contributed by atoms with Gasteiger partial charge in [0.05, 0.1) is 11.3 Å². The summed E-state index contributed by atoms with van der Waals surface area (Å²) >= 11 is 0. The van der Waals surface area contributed by atoms with Crippen LogP contribution in [-0.4, -0.2) is 33.1 Å². The van der Waals surface area contributed by atoms with Gasteiger partial charge in [-0.1, -0.05) is 6.42 Å². The van der Waals surface area contributed by atoms with Gasteiger partial charge in [-0.2, -0.15) is 0 Å². The summed E-state index contributed by atoms with van der Waals surface area (Å²) < 4.78 is 43.0. The molecule has 3 aromatic rings. The number of nitrogens with one attached hydrogen (secondary N) is 2. The number of carbonyl (C=O) groups is 2. The predicted molar refractivity (Wildman–Crippen MR) is 115 cm³/mol. The maximum absolute atomic E-state index is 14.3. The summed E-state index contributed by atoms with van der Waals surface area (Å²) in [7, 11) is 0. The number of halogens is 3. The lowest BCUT2D eigenvalue weighted by Gasteiger charge is -2.11. The Morgan fingerprint density at radius 1 is 0.970 bits per heavy atom. The topological polar surface area (TPSA) is 88.9 Å². The summed E-state index contributed by atoms with van der Waals surface area (Å²) in [6, 6.07) is 6.93. The smallest absolute Gasteiger partial charge is 0.254 e. The number of benzene rings is 2. The minimum atomic E-state index is -0.998. The van der Waals surface area contributed by atoms with Crippen molar-refractivity contribution in [2.45, 2.75) is 38.6 Å². The molecule has 0 spiro atoms. The van der Waals surface area contributed by atoms with Gasteiger partial charge in [-0.15, -0.1) is 10.2 Å². The van der Waals surface area contributed by atoms with Crippen LogP contribution in [0.5, 0.6) is 0 Å². The van der Waals surface area contributed by atoms with E-state index in [4.69, 9.17) is 0 Å². The van der Waals surface area contributed by atoms with Gasteiger partial charge in [0.15, 0.2) is 5.82 Å². The van der Waals surface area contributed by atoms with Gasteiger partial charge in [-0.3, -0.25) is 9.59 Å². The Hall–Kier alpha value is -3.69. The molecule has 2 heterocycles. The molecule has 2 aromatic carbocycles. The fraction of sp³-hybridized carbons (Fsp3) is 0.304. The van der Waals surface area contributed by atoms with Crippen LogP contribution in [0.2, 0.25) is 0 Å². The summed E-state index contributed by atoms with van der Waals surface area (Å²) in [5, 5.41) is 13.4. The van der Waals surface area contributed by atoms with E-state index in [1.165, 1.54) is 12.1 Å². The third-order valence-corrected chi connectivity index (χ3v) is 5.42. The van der Waals surface area contributed by atoms with Crippen LogP contribution in [0, 0.1) is 17.5 Å². The number of anilines is 1. The van der Waals surface area contributed by atoms with E-state index in [-0.39, 0.29) is 24.2 Å². The number of rotatable bonds is 6. The minimum absolute atomic E-state index is 0.0145. The molecule has 0 unspecified atom stereocenters. The SMILES string of the molecule is O=C(CCNC(=O)c1ccc(F)cc1F)Nc1cc(-c2nnc3n2CCCCC3)ccc1F. The van der Waals surface area contributed by atoms with Gasteiger partial charge in [0, 0.05) is 37.6 Å². The lowest BCUT2D eigenvalue weighted by Crippen LogP contribution is -2.28. The van der Waals surface area contributed by atoms with E-state index in [2.05, 4.69) is 20.8 Å². The lowest BCUT2D eigenvalue weighted by molar-refractivity contribution is -0.116. The van der Waals surface area contributed by atoms with E-state index in [1.807, 2.05) is 4.57 Å². The number of aromatic nitrogens is 3. The average molecular weight is 457 g/mol. The van der Waals surface area contributed by atoms with Crippen LogP contribution in [0.1, 0.15) is 41.9 Å². The van der Waals surface area contributed by atoms with Crippen molar-refractivity contribution in [3.63, 3.8) is 0 Å². The Balaban J connectivity index is 1.38. The molecule has 4 rings (SSSR count). The molecule has 0 radical (unpaired) electrons. The summed E-state index contributed by atoms with van der Waals surface area (Å²) in [5.74, 6) is -2.20. The first-order valence-electron chi connectivity index (χ1n) is 10.7. The van der Waals surface area contributed by atoms with Crippen molar-refractivity contribution >= 4 is 17.5 Å². The summed E-state index contributed by atoms with van der Waals surface area (Å²) in [6.07, 6.45) is 3.84. The molecule has 0 fully saturated rings. The molecule has 0 bridgehead atoms. The highest BCUT2D eigenvalue weighted by molar-refractivity contribution is 5.95. The van der Waals surface area contributed by atoms with E-state index in [1.54, 1.807) is 6.07 Å². The highest BCUT2D eigenvalue weighted by atomic mass is 19.1. The van der Waals surface area contributed by atoms with Gasteiger partial charge in [-0.25, -0.2) is 13.2 Å². The first-order chi connectivity index (χ1) is 15.9. The molecule has 0 aliphatic carbocycles. The Morgan fingerprint density at radius 3 is 2.64 bits per heavy atom. The van der Waals surface area contributed by atoms with Gasteiger partial charge in [-0.05, 0) is 43.2 Å². The molecule has 0 saturated carbocycles. The van der Waals surface area contributed by atoms with Crippen molar-refractivity contribution in [3.05, 3.63) is 65.2 Å². The molecule has 33 heavy (non-hydrogen) atoms. The highest BCUT2D eigenvalue weighted by Gasteiger charge is 2.18. The number of hydrogen-bond donors (Lipinski definition) is 2. The van der Waals surface area contributed by atoms with E-state index in [0.29, 0.717) is 17.5 Å². The largest absolute Gasteiger partial charge is 0.351 e. The molecule has 0 atom stereocenters. The Labute approximate surface area is 188 Å². The van der Waals surface area contributed by atoms with E-state index >= 15 is 0 Å². The van der Waals surface area contributed by atoms with Crippen molar-refractivity contribution in [2.75, 3.05) is 11.9 Å². The van der Waals surface area contributed by atoms with Crippen molar-refractivity contribution in [1.29, 1.82) is 0 Å². The fourth-order valence-electron chi connectivity index (χ4n) is 3.73. The Kier molecular flexibility index (Phi) is 6.71. The van der Waals surface area contributed by atoms with Gasteiger partial charge in [0.25, 0.3) is 5.91 Å². The number of fused-ring (bicyclic) bond motifs is 1. The van der Waals surface area contributed by atoms with E-state index in [0.717, 1.165) is 50.2 Å². The molecule has 1 aliphatic rings. The summed E-state index contributed by atoms with van der Waals surface area (Å²) in [4.78, 5) is 24.3. The quantitative estimate of drug-likeness (QED) is 0.589. The monoisotopic (exact) mass is 457 g/mol. The average Bonchev–Trinajstić information content (AvgIpc) is 3.03. The molecule has 0 saturated heterocycles. The zero-order chi connectivity index (χ0) is 23.4. The third kappa shape index (κ3) is 5.21. The maximum Gasteiger partial charge on any atom is 0.254 e.